The molecule has 0 N–H and O–H groups in total. The first-order chi connectivity index (χ1) is 32.6. The predicted octanol–water partition coefficient (Wildman–Crippen LogP) is 14.9. The number of benzene rings is 9. The smallest absolute Gasteiger partial charge is 0.0623 e. The van der Waals surface area contributed by atoms with E-state index in [9.17, 15) is 0 Å². The lowest BCUT2D eigenvalue weighted by Gasteiger charge is -2.34. The summed E-state index contributed by atoms with van der Waals surface area (Å²) in [7, 11) is -5.65. The average Bonchev–Trinajstić information content (AvgIpc) is 3.85. The summed E-state index contributed by atoms with van der Waals surface area (Å²) in [5, 5.41) is 8.63. The number of rotatable bonds is 10. The predicted molar refractivity (Wildman–Crippen MR) is 288 cm³/mol. The van der Waals surface area contributed by atoms with E-state index >= 15 is 0 Å². The molecule has 0 nitrogen and oxygen atoms in total. The summed E-state index contributed by atoms with van der Waals surface area (Å²) in [5.41, 5.74) is 15.5. The molecule has 0 saturated heterocycles. The lowest BCUT2D eigenvalue weighted by atomic mass is 9.89. The lowest BCUT2D eigenvalue weighted by molar-refractivity contribution is 1.58. The van der Waals surface area contributed by atoms with E-state index < -0.39 is 16.1 Å². The molecule has 314 valence electrons. The van der Waals surface area contributed by atoms with Crippen LogP contribution in [0.4, 0.5) is 0 Å². The van der Waals surface area contributed by atoms with Gasteiger partial charge in [0.05, 0.1) is 0 Å². The van der Waals surface area contributed by atoms with Crippen molar-refractivity contribution >= 4 is 69.6 Å². The van der Waals surface area contributed by atoms with Crippen LogP contribution >= 0.6 is 0 Å². The highest BCUT2D eigenvalue weighted by Gasteiger charge is 2.51. The molecule has 2 aliphatic rings. The van der Waals surface area contributed by atoms with Gasteiger partial charge in [0.1, 0.15) is 16.1 Å². The SMILES string of the molecule is C[Si]1(c2ccc([Si]3(C)C(c4ccccc4)=C(c4ccccc4)C(c4ccccc4)=C3c3ccccc3)cc2)C(c2ccccc2)=C(c2ccccc2)C(c2ccccc2)=C1c1ccccc1. The van der Waals surface area contributed by atoms with Crippen LogP contribution in [-0.2, 0) is 0 Å². The molecule has 0 aromatic heterocycles. The van der Waals surface area contributed by atoms with Gasteiger partial charge in [-0.25, -0.2) is 0 Å². The molecule has 66 heavy (non-hydrogen) atoms. The zero-order valence-electron chi connectivity index (χ0n) is 37.4. The highest BCUT2D eigenvalue weighted by Crippen LogP contribution is 2.57. The summed E-state index contributed by atoms with van der Waals surface area (Å²) < 4.78 is 0. The molecule has 11 rings (SSSR count). The quantitative estimate of drug-likeness (QED) is 0.120. The van der Waals surface area contributed by atoms with Gasteiger partial charge in [-0.05, 0) is 98.0 Å². The Bertz CT molecular complexity index is 2860. The summed E-state index contributed by atoms with van der Waals surface area (Å²) in [6.45, 7) is 5.23. The molecule has 0 spiro atoms. The Balaban J connectivity index is 1.22. The van der Waals surface area contributed by atoms with Crippen molar-refractivity contribution in [2.24, 2.45) is 0 Å². The van der Waals surface area contributed by atoms with Crippen molar-refractivity contribution in [3.63, 3.8) is 0 Å². The minimum absolute atomic E-state index is 1.25. The van der Waals surface area contributed by atoms with E-state index in [0.717, 1.165) is 0 Å². The topological polar surface area (TPSA) is 0 Å². The highest BCUT2D eigenvalue weighted by molar-refractivity contribution is 7.22. The summed E-state index contributed by atoms with van der Waals surface area (Å²) in [4.78, 5) is 0. The van der Waals surface area contributed by atoms with E-state index in [1.807, 2.05) is 0 Å². The first kappa shape index (κ1) is 41.1. The average molecular weight is 875 g/mol. The minimum Gasteiger partial charge on any atom is -0.0623 e. The second-order valence-corrected chi connectivity index (χ2v) is 25.4. The third-order valence-corrected chi connectivity index (χ3v) is 23.2. The van der Waals surface area contributed by atoms with E-state index in [2.05, 4.69) is 280 Å². The van der Waals surface area contributed by atoms with Gasteiger partial charge in [0, 0.05) is 0 Å². The fraction of sp³-hybridized carbons (Fsp3) is 0.0312. The van der Waals surface area contributed by atoms with Crippen molar-refractivity contribution in [2.45, 2.75) is 13.1 Å². The molecule has 2 heterocycles. The van der Waals surface area contributed by atoms with Crippen LogP contribution < -0.4 is 10.4 Å². The maximum absolute atomic E-state index is 2.82. The Hall–Kier alpha value is -7.63. The number of hydrogen-bond acceptors (Lipinski definition) is 0. The van der Waals surface area contributed by atoms with Crippen molar-refractivity contribution in [3.05, 3.63) is 311 Å². The number of allylic oxidation sites excluding steroid dienone is 4. The maximum atomic E-state index is 2.62. The Morgan fingerprint density at radius 2 is 0.333 bits per heavy atom. The Morgan fingerprint density at radius 3 is 0.500 bits per heavy atom. The molecule has 2 heteroatoms. The summed E-state index contributed by atoms with van der Waals surface area (Å²) in [5.74, 6) is 0. The van der Waals surface area contributed by atoms with Gasteiger partial charge in [-0.3, -0.25) is 0 Å². The Morgan fingerprint density at radius 1 is 0.182 bits per heavy atom. The molecule has 2 aliphatic heterocycles. The summed E-state index contributed by atoms with van der Waals surface area (Å²) >= 11 is 0. The molecule has 0 saturated carbocycles. The molecule has 0 amide bonds. The van der Waals surface area contributed by atoms with E-state index in [1.54, 1.807) is 0 Å². The van der Waals surface area contributed by atoms with Gasteiger partial charge in [-0.1, -0.05) is 280 Å². The van der Waals surface area contributed by atoms with Gasteiger partial charge >= 0.3 is 0 Å². The fourth-order valence-electron chi connectivity index (χ4n) is 11.2. The maximum Gasteiger partial charge on any atom is 0.148 e. The third kappa shape index (κ3) is 6.89. The van der Waals surface area contributed by atoms with Crippen LogP contribution in [0.5, 0.6) is 0 Å². The summed E-state index contributed by atoms with van der Waals surface area (Å²) in [6, 6.07) is 99.7. The van der Waals surface area contributed by atoms with Crippen LogP contribution in [0, 0.1) is 0 Å². The molecule has 0 aliphatic carbocycles. The van der Waals surface area contributed by atoms with Crippen LogP contribution in [0.25, 0.3) is 43.1 Å². The normalized spacial score (nSPS) is 15.4. The standard InChI is InChI=1S/C64H50Si2/c1-65(61(51-35-19-7-20-36-51)57(47-27-11-3-12-28-47)58(48-29-13-4-14-30-48)62(65)52-37-21-8-22-38-52)55-43-45-56(46-44-55)66(2)63(53-39-23-9-24-40-53)59(49-31-15-5-16-32-49)60(50-33-17-6-18-34-50)64(66)54-41-25-10-26-42-54/h3-46H,1-2H3. The molecule has 0 radical (unpaired) electrons. The second-order valence-electron chi connectivity index (χ2n) is 17.8. The Kier molecular flexibility index (Phi) is 10.8. The lowest BCUT2D eigenvalue weighted by Crippen LogP contribution is -2.50. The molecule has 0 fully saturated rings. The van der Waals surface area contributed by atoms with Crippen LogP contribution in [0.1, 0.15) is 44.5 Å². The first-order valence-electron chi connectivity index (χ1n) is 23.1. The van der Waals surface area contributed by atoms with Crippen molar-refractivity contribution in [1.29, 1.82) is 0 Å². The van der Waals surface area contributed by atoms with Gasteiger partial charge in [-0.2, -0.15) is 0 Å². The van der Waals surface area contributed by atoms with Gasteiger partial charge in [0.2, 0.25) is 0 Å². The molecule has 0 bridgehead atoms. The second kappa shape index (κ2) is 17.4. The molecular weight excluding hydrogens is 825 g/mol. The van der Waals surface area contributed by atoms with E-state index in [0.29, 0.717) is 0 Å². The summed E-state index contributed by atoms with van der Waals surface area (Å²) in [6.07, 6.45) is 0. The minimum atomic E-state index is -2.82. The fourth-order valence-corrected chi connectivity index (χ4v) is 20.6. The van der Waals surface area contributed by atoms with Crippen LogP contribution in [-0.4, -0.2) is 16.1 Å². The third-order valence-electron chi connectivity index (χ3n) is 14.0. The molecule has 9 aromatic carbocycles. The van der Waals surface area contributed by atoms with Gasteiger partial charge in [-0.15, -0.1) is 0 Å². The molecule has 0 atom stereocenters. The van der Waals surface area contributed by atoms with E-state index in [-0.39, 0.29) is 0 Å². The van der Waals surface area contributed by atoms with Gasteiger partial charge in [0.25, 0.3) is 0 Å². The zero-order chi connectivity index (χ0) is 44.5. The first-order valence-corrected chi connectivity index (χ1v) is 28.1. The zero-order valence-corrected chi connectivity index (χ0v) is 39.4. The van der Waals surface area contributed by atoms with Crippen LogP contribution in [0.3, 0.4) is 0 Å². The van der Waals surface area contributed by atoms with Crippen molar-refractivity contribution < 1.29 is 0 Å². The van der Waals surface area contributed by atoms with Gasteiger partial charge in [0.15, 0.2) is 0 Å². The largest absolute Gasteiger partial charge is 0.148 e. The van der Waals surface area contributed by atoms with Crippen LogP contribution in [0.2, 0.25) is 13.1 Å². The Labute approximate surface area is 392 Å². The highest BCUT2D eigenvalue weighted by atomic mass is 28.3. The van der Waals surface area contributed by atoms with E-state index in [1.165, 1.54) is 98.0 Å². The molecule has 9 aromatic rings. The van der Waals surface area contributed by atoms with Crippen LogP contribution in [0.15, 0.2) is 267 Å². The van der Waals surface area contributed by atoms with Crippen molar-refractivity contribution in [2.75, 3.05) is 0 Å². The van der Waals surface area contributed by atoms with Gasteiger partial charge < -0.3 is 0 Å². The number of hydrogen-bond donors (Lipinski definition) is 0. The van der Waals surface area contributed by atoms with Crippen molar-refractivity contribution in [3.8, 4) is 0 Å². The van der Waals surface area contributed by atoms with E-state index in [4.69, 9.17) is 0 Å². The monoisotopic (exact) mass is 874 g/mol. The molecule has 0 unspecified atom stereocenters. The van der Waals surface area contributed by atoms with Crippen molar-refractivity contribution in [1.82, 2.24) is 0 Å². The molecular formula is C64H50Si2.